The molecule has 3 heterocycles. The Labute approximate surface area is 480 Å². The summed E-state index contributed by atoms with van der Waals surface area (Å²) in [6, 6.07) is 74.9. The largest absolute Gasteiger partial charge is 0.311 e. The minimum atomic E-state index is -0.119. The van der Waals surface area contributed by atoms with Gasteiger partial charge in [0.2, 0.25) is 0 Å². The van der Waals surface area contributed by atoms with Gasteiger partial charge >= 0.3 is 0 Å². The highest BCUT2D eigenvalue weighted by molar-refractivity contribution is 7.33. The first kappa shape index (κ1) is 51.8. The van der Waals surface area contributed by atoms with Crippen molar-refractivity contribution < 1.29 is 0 Å². The van der Waals surface area contributed by atoms with Crippen molar-refractivity contribution in [2.75, 3.05) is 14.7 Å². The number of anilines is 9. The predicted molar refractivity (Wildman–Crippen MR) is 348 cm³/mol. The van der Waals surface area contributed by atoms with E-state index in [1.807, 2.05) is 11.3 Å². The summed E-state index contributed by atoms with van der Waals surface area (Å²) in [6.45, 7) is 32.5. The fraction of sp³-hybridized carbons (Fsp3) is 0.253. The van der Waals surface area contributed by atoms with Gasteiger partial charge in [0, 0.05) is 65.7 Å². The van der Waals surface area contributed by atoms with Gasteiger partial charge in [-0.3, -0.25) is 0 Å². The van der Waals surface area contributed by atoms with Crippen LogP contribution in [0.2, 0.25) is 0 Å². The second-order valence-electron chi connectivity index (χ2n) is 27.5. The molecule has 0 saturated carbocycles. The normalized spacial score (nSPS) is 14.4. The van der Waals surface area contributed by atoms with E-state index in [1.165, 1.54) is 110 Å². The third-order valence-corrected chi connectivity index (χ3v) is 18.9. The van der Waals surface area contributed by atoms with Gasteiger partial charge in [-0.25, -0.2) is 0 Å². The maximum Gasteiger partial charge on any atom is 0.264 e. The lowest BCUT2D eigenvalue weighted by atomic mass is 9.36. The number of fused-ring (bicyclic) bond motifs is 9. The van der Waals surface area contributed by atoms with Crippen LogP contribution < -0.4 is 30.4 Å². The molecule has 0 spiro atoms. The standard InChI is InChI=1S/C75H74BN3S/c1-71(2,3)48-27-34-52(35-28-48)77(63-42-33-51(74(10,11)12)43-57(63)47-21-16-15-17-22-47)55-40-41-62-66(44-55)78(53-36-29-49(30-37-53)72(4,5)6)64-25-20-26-65-68(64)76(62)70-69(79(65)54-38-31-50(32-39-54)73(7,8)9)59-45-58-56-23-18-19-24-60(56)75(13,14)61(58)46-67(59)80-70/h15-46H,1-14H3. The van der Waals surface area contributed by atoms with Crippen molar-refractivity contribution in [3.63, 3.8) is 0 Å². The highest BCUT2D eigenvalue weighted by atomic mass is 32.1. The highest BCUT2D eigenvalue weighted by Gasteiger charge is 2.46. The van der Waals surface area contributed by atoms with Crippen LogP contribution in [0.3, 0.4) is 0 Å². The van der Waals surface area contributed by atoms with Crippen LogP contribution in [0.5, 0.6) is 0 Å². The van der Waals surface area contributed by atoms with E-state index in [4.69, 9.17) is 0 Å². The first-order valence-corrected chi connectivity index (χ1v) is 29.7. The molecule has 9 aromatic carbocycles. The van der Waals surface area contributed by atoms with Gasteiger partial charge in [0.15, 0.2) is 0 Å². The molecule has 5 heteroatoms. The van der Waals surface area contributed by atoms with Crippen LogP contribution in [0.15, 0.2) is 194 Å². The third kappa shape index (κ3) is 8.36. The van der Waals surface area contributed by atoms with Gasteiger partial charge in [-0.05, 0) is 168 Å². The molecule has 3 nitrogen and oxygen atoms in total. The van der Waals surface area contributed by atoms with Gasteiger partial charge in [-0.15, -0.1) is 11.3 Å². The predicted octanol–water partition coefficient (Wildman–Crippen LogP) is 19.6. The summed E-state index contributed by atoms with van der Waals surface area (Å²) in [5.41, 5.74) is 26.3. The molecule has 2 aliphatic heterocycles. The van der Waals surface area contributed by atoms with Gasteiger partial charge < -0.3 is 14.7 Å². The third-order valence-electron chi connectivity index (χ3n) is 17.7. The smallest absolute Gasteiger partial charge is 0.264 e. The van der Waals surface area contributed by atoms with E-state index in [2.05, 4.69) is 306 Å². The zero-order valence-electron chi connectivity index (χ0n) is 49.3. The van der Waals surface area contributed by atoms with Crippen LogP contribution in [0.4, 0.5) is 51.2 Å². The van der Waals surface area contributed by atoms with Crippen molar-refractivity contribution >= 4 is 95.0 Å². The molecule has 80 heavy (non-hydrogen) atoms. The quantitative estimate of drug-likeness (QED) is 0.154. The average Bonchev–Trinajstić information content (AvgIpc) is 4.12. The lowest BCUT2D eigenvalue weighted by Crippen LogP contribution is -2.60. The molecule has 0 N–H and O–H groups in total. The minimum Gasteiger partial charge on any atom is -0.311 e. The van der Waals surface area contributed by atoms with Gasteiger partial charge in [0.25, 0.3) is 6.71 Å². The van der Waals surface area contributed by atoms with Crippen molar-refractivity contribution in [3.8, 4) is 22.3 Å². The molecule has 0 fully saturated rings. The van der Waals surface area contributed by atoms with E-state index in [1.54, 1.807) is 0 Å². The zero-order valence-corrected chi connectivity index (χ0v) is 50.1. The number of rotatable bonds is 6. The number of nitrogens with zero attached hydrogens (tertiary/aromatic N) is 3. The number of benzene rings is 9. The molecule has 0 atom stereocenters. The molecular weight excluding hydrogens is 986 g/mol. The molecule has 0 radical (unpaired) electrons. The summed E-state index contributed by atoms with van der Waals surface area (Å²) >= 11 is 1.99. The van der Waals surface area contributed by atoms with E-state index in [-0.39, 0.29) is 33.8 Å². The second kappa shape index (κ2) is 18.2. The molecule has 0 saturated heterocycles. The van der Waals surface area contributed by atoms with E-state index in [0.29, 0.717) is 0 Å². The maximum atomic E-state index is 2.61. The Morgan fingerprint density at radius 3 is 1.57 bits per heavy atom. The minimum absolute atomic E-state index is 0.00264. The molecule has 1 aromatic heterocycles. The molecule has 398 valence electrons. The molecule has 1 aliphatic carbocycles. The Kier molecular flexibility index (Phi) is 11.8. The van der Waals surface area contributed by atoms with Gasteiger partial charge in [-0.2, -0.15) is 0 Å². The monoisotopic (exact) mass is 1060 g/mol. The Bertz CT molecular complexity index is 4060. The second-order valence-corrected chi connectivity index (χ2v) is 28.6. The van der Waals surface area contributed by atoms with Crippen LogP contribution in [-0.4, -0.2) is 6.71 Å². The lowest BCUT2D eigenvalue weighted by molar-refractivity contribution is 0.590. The van der Waals surface area contributed by atoms with Crippen LogP contribution >= 0.6 is 11.3 Å². The molecule has 10 aromatic rings. The van der Waals surface area contributed by atoms with Crippen molar-refractivity contribution in [2.24, 2.45) is 0 Å². The Morgan fingerprint density at radius 1 is 0.425 bits per heavy atom. The van der Waals surface area contributed by atoms with E-state index < -0.39 is 0 Å². The summed E-state index contributed by atoms with van der Waals surface area (Å²) in [5, 5.41) is 1.31. The summed E-state index contributed by atoms with van der Waals surface area (Å²) in [7, 11) is 0. The SMILES string of the molecule is CC(C)(C)c1ccc(N(c2ccc3c(c2)N(c2ccc(C(C)(C)C)cc2)c2cccc4c2B3c2sc3cc5c(cc3c2N4c2ccc(C(C)(C)C)cc2)-c2ccccc2C5(C)C)c2ccc(C(C)(C)C)cc2-c2ccccc2)cc1. The van der Waals surface area contributed by atoms with Gasteiger partial charge in [0.1, 0.15) is 0 Å². The summed E-state index contributed by atoms with van der Waals surface area (Å²) < 4.78 is 2.71. The first-order chi connectivity index (χ1) is 38.0. The van der Waals surface area contributed by atoms with E-state index in [0.717, 1.165) is 22.7 Å². The molecule has 13 rings (SSSR count). The fourth-order valence-corrected chi connectivity index (χ4v) is 14.4. The lowest BCUT2D eigenvalue weighted by Gasteiger charge is -2.43. The first-order valence-electron chi connectivity index (χ1n) is 28.9. The molecular formula is C75H74BN3S. The molecule has 0 unspecified atom stereocenters. The molecule has 3 aliphatic rings. The van der Waals surface area contributed by atoms with Crippen LogP contribution in [0, 0.1) is 0 Å². The van der Waals surface area contributed by atoms with Crippen molar-refractivity contribution in [1.82, 2.24) is 0 Å². The van der Waals surface area contributed by atoms with Gasteiger partial charge in [-0.1, -0.05) is 206 Å². The fourth-order valence-electron chi connectivity index (χ4n) is 13.1. The molecule has 0 amide bonds. The summed E-state index contributed by atoms with van der Waals surface area (Å²) in [4.78, 5) is 7.71. The van der Waals surface area contributed by atoms with Crippen molar-refractivity contribution in [1.29, 1.82) is 0 Å². The number of thiophene rings is 1. The Balaban J connectivity index is 1.10. The van der Waals surface area contributed by atoms with Crippen LogP contribution in [0.1, 0.15) is 130 Å². The number of hydrogen-bond acceptors (Lipinski definition) is 4. The van der Waals surface area contributed by atoms with E-state index in [9.17, 15) is 0 Å². The highest BCUT2D eigenvalue weighted by Crippen LogP contribution is 2.55. The van der Waals surface area contributed by atoms with E-state index >= 15 is 0 Å². The van der Waals surface area contributed by atoms with Gasteiger partial charge in [0.05, 0.1) is 11.4 Å². The van der Waals surface area contributed by atoms with Crippen molar-refractivity contribution in [3.05, 3.63) is 228 Å². The topological polar surface area (TPSA) is 9.72 Å². The number of hydrogen-bond donors (Lipinski definition) is 0. The summed E-state index contributed by atoms with van der Waals surface area (Å²) in [5.74, 6) is 0. The van der Waals surface area contributed by atoms with Crippen LogP contribution in [-0.2, 0) is 27.1 Å². The Morgan fingerprint density at radius 2 is 0.963 bits per heavy atom. The summed E-state index contributed by atoms with van der Waals surface area (Å²) in [6.07, 6.45) is 0. The molecule has 0 bridgehead atoms. The average molecular weight is 1060 g/mol. The van der Waals surface area contributed by atoms with Crippen LogP contribution in [0.25, 0.3) is 32.3 Å². The zero-order chi connectivity index (χ0) is 56.0. The maximum absolute atomic E-state index is 2.61. The Hall–Kier alpha value is -7.60. The van der Waals surface area contributed by atoms with Crippen molar-refractivity contribution in [2.45, 2.75) is 124 Å².